The van der Waals surface area contributed by atoms with Crippen molar-refractivity contribution < 1.29 is 4.79 Å². The molecule has 0 aliphatic heterocycles. The zero-order valence-electron chi connectivity index (χ0n) is 17.3. The van der Waals surface area contributed by atoms with Gasteiger partial charge in [-0.25, -0.2) is 9.97 Å². The van der Waals surface area contributed by atoms with Crippen molar-refractivity contribution in [3.8, 4) is 0 Å². The summed E-state index contributed by atoms with van der Waals surface area (Å²) in [6, 6.07) is 3.77. The Kier molecular flexibility index (Phi) is 5.02. The Morgan fingerprint density at radius 2 is 1.81 bits per heavy atom. The molecule has 2 aromatic rings. The minimum absolute atomic E-state index is 0.0177. The topological polar surface area (TPSA) is 46.1 Å². The molecular weight excluding hydrogens is 354 g/mol. The van der Waals surface area contributed by atoms with Gasteiger partial charge in [-0.05, 0) is 25.0 Å². The summed E-state index contributed by atoms with van der Waals surface area (Å²) in [4.78, 5) is 24.7. The molecule has 0 N–H and O–H groups in total. The lowest BCUT2D eigenvalue weighted by molar-refractivity contribution is 0.101. The van der Waals surface area contributed by atoms with Gasteiger partial charge in [0.2, 0.25) is 0 Å². The van der Waals surface area contributed by atoms with E-state index in [1.54, 1.807) is 24.5 Å². The Morgan fingerprint density at radius 3 is 2.33 bits per heavy atom. The average Bonchev–Trinajstić information content (AvgIpc) is 3.05. The number of thiazole rings is 1. The molecule has 27 heavy (non-hydrogen) atoms. The minimum Gasteiger partial charge on any atom is -0.302 e. The van der Waals surface area contributed by atoms with Crippen molar-refractivity contribution in [2.75, 3.05) is 11.4 Å². The zero-order valence-corrected chi connectivity index (χ0v) is 18.1. The molecule has 0 spiro atoms. The normalized spacial score (nSPS) is 17.0. The largest absolute Gasteiger partial charge is 0.302 e. The average molecular weight is 384 g/mol. The molecule has 2 aromatic heterocycles. The standard InChI is InChI=1S/C22H29N3OS/c1-14(2)13-25(17-9-8-16(12-23-17)15(3)26)20-24-18-19(27-20)22(6,7)11-10-21(18,4)5/h8-12,14H,13H2,1-7H3. The quantitative estimate of drug-likeness (QED) is 0.494. The molecule has 0 fully saturated rings. The molecule has 2 heterocycles. The van der Waals surface area contributed by atoms with Crippen LogP contribution in [0.2, 0.25) is 0 Å². The summed E-state index contributed by atoms with van der Waals surface area (Å²) in [7, 11) is 0. The van der Waals surface area contributed by atoms with Gasteiger partial charge in [0.05, 0.1) is 5.69 Å². The van der Waals surface area contributed by atoms with Crippen molar-refractivity contribution in [3.63, 3.8) is 0 Å². The summed E-state index contributed by atoms with van der Waals surface area (Å²) < 4.78 is 0. The lowest BCUT2D eigenvalue weighted by Crippen LogP contribution is -2.28. The smallest absolute Gasteiger partial charge is 0.191 e. The third-order valence-electron chi connectivity index (χ3n) is 4.94. The Morgan fingerprint density at radius 1 is 1.15 bits per heavy atom. The second-order valence-corrected chi connectivity index (χ2v) is 9.89. The second-order valence-electron chi connectivity index (χ2n) is 8.92. The maximum Gasteiger partial charge on any atom is 0.191 e. The number of ketones is 1. The van der Waals surface area contributed by atoms with Crippen LogP contribution in [0, 0.1) is 5.92 Å². The number of allylic oxidation sites excluding steroid dienone is 2. The van der Waals surface area contributed by atoms with Crippen LogP contribution in [0.25, 0.3) is 0 Å². The van der Waals surface area contributed by atoms with Gasteiger partial charge in [-0.2, -0.15) is 0 Å². The van der Waals surface area contributed by atoms with Crippen molar-refractivity contribution >= 4 is 28.1 Å². The SMILES string of the molecule is CC(=O)c1ccc(N(CC(C)C)c2nc3c(s2)C(C)(C)C=CC3(C)C)nc1. The van der Waals surface area contributed by atoms with Crippen LogP contribution in [0.4, 0.5) is 10.9 Å². The molecule has 0 bridgehead atoms. The Bertz CT molecular complexity index is 840. The Balaban J connectivity index is 2.07. The molecule has 144 valence electrons. The maximum absolute atomic E-state index is 11.6. The van der Waals surface area contributed by atoms with Gasteiger partial charge >= 0.3 is 0 Å². The fraction of sp³-hybridized carbons (Fsp3) is 0.500. The summed E-state index contributed by atoms with van der Waals surface area (Å²) in [6.45, 7) is 15.7. The van der Waals surface area contributed by atoms with Crippen LogP contribution in [0.15, 0.2) is 30.5 Å². The number of aromatic nitrogens is 2. The Labute approximate surface area is 166 Å². The van der Waals surface area contributed by atoms with Crippen LogP contribution in [-0.2, 0) is 10.8 Å². The molecule has 0 aromatic carbocycles. The van der Waals surface area contributed by atoms with Gasteiger partial charge in [-0.3, -0.25) is 4.79 Å². The van der Waals surface area contributed by atoms with Crippen molar-refractivity contribution in [1.29, 1.82) is 0 Å². The highest BCUT2D eigenvalue weighted by Gasteiger charge is 2.37. The van der Waals surface area contributed by atoms with Crippen LogP contribution in [0.3, 0.4) is 0 Å². The Hall–Kier alpha value is -2.01. The van der Waals surface area contributed by atoms with E-state index in [2.05, 4.69) is 63.6 Å². The number of nitrogens with zero attached hydrogens (tertiary/aromatic N) is 3. The minimum atomic E-state index is -0.0744. The van der Waals surface area contributed by atoms with E-state index in [-0.39, 0.29) is 16.6 Å². The predicted molar refractivity (Wildman–Crippen MR) is 113 cm³/mol. The number of fused-ring (bicyclic) bond motifs is 1. The molecule has 1 aliphatic rings. The second kappa shape index (κ2) is 6.86. The number of carbonyl (C=O) groups is 1. The van der Waals surface area contributed by atoms with Crippen LogP contribution in [-0.4, -0.2) is 22.3 Å². The molecule has 0 atom stereocenters. The summed E-state index contributed by atoms with van der Waals surface area (Å²) in [6.07, 6.45) is 6.23. The predicted octanol–water partition coefficient (Wildman–Crippen LogP) is 5.66. The first-order valence-electron chi connectivity index (χ1n) is 9.48. The monoisotopic (exact) mass is 383 g/mol. The summed E-state index contributed by atoms with van der Waals surface area (Å²) in [5.41, 5.74) is 1.70. The van der Waals surface area contributed by atoms with Crippen molar-refractivity contribution in [3.05, 3.63) is 46.6 Å². The lowest BCUT2D eigenvalue weighted by atomic mass is 9.75. The number of carbonyl (C=O) groups excluding carboxylic acids is 1. The van der Waals surface area contributed by atoms with E-state index in [0.717, 1.165) is 23.2 Å². The maximum atomic E-state index is 11.6. The molecular formula is C22H29N3OS. The van der Waals surface area contributed by atoms with E-state index in [1.165, 1.54) is 4.88 Å². The molecule has 3 rings (SSSR count). The molecule has 0 amide bonds. The molecule has 1 aliphatic carbocycles. The number of Topliss-reactive ketones (excluding diaryl/α,β-unsaturated/α-hetero) is 1. The number of hydrogen-bond donors (Lipinski definition) is 0. The van der Waals surface area contributed by atoms with Crippen LogP contribution in [0.5, 0.6) is 0 Å². The number of pyridine rings is 1. The molecule has 0 saturated carbocycles. The lowest BCUT2D eigenvalue weighted by Gasteiger charge is -2.32. The third kappa shape index (κ3) is 3.84. The number of hydrogen-bond acceptors (Lipinski definition) is 5. The first-order chi connectivity index (χ1) is 12.5. The molecule has 5 heteroatoms. The van der Waals surface area contributed by atoms with Crippen LogP contribution < -0.4 is 4.90 Å². The highest BCUT2D eigenvalue weighted by atomic mass is 32.1. The fourth-order valence-corrected chi connectivity index (χ4v) is 4.59. The summed E-state index contributed by atoms with van der Waals surface area (Å²) >= 11 is 1.76. The van der Waals surface area contributed by atoms with Gasteiger partial charge < -0.3 is 4.90 Å². The highest BCUT2D eigenvalue weighted by Crippen LogP contribution is 2.46. The third-order valence-corrected chi connectivity index (χ3v) is 6.36. The van der Waals surface area contributed by atoms with Crippen LogP contribution >= 0.6 is 11.3 Å². The first kappa shape index (κ1) is 19.7. The summed E-state index contributed by atoms with van der Waals surface area (Å²) in [5, 5.41) is 0.974. The van der Waals surface area contributed by atoms with Gasteiger partial charge in [0.25, 0.3) is 0 Å². The fourth-order valence-electron chi connectivity index (χ4n) is 3.26. The van der Waals surface area contributed by atoms with Gasteiger partial charge in [0.1, 0.15) is 5.82 Å². The molecule has 0 unspecified atom stereocenters. The molecule has 4 nitrogen and oxygen atoms in total. The molecule has 0 saturated heterocycles. The highest BCUT2D eigenvalue weighted by molar-refractivity contribution is 7.16. The van der Waals surface area contributed by atoms with E-state index in [0.29, 0.717) is 11.5 Å². The van der Waals surface area contributed by atoms with E-state index in [9.17, 15) is 4.79 Å². The zero-order chi connectivity index (χ0) is 20.0. The first-order valence-corrected chi connectivity index (χ1v) is 10.3. The number of rotatable bonds is 5. The van der Waals surface area contributed by atoms with Gasteiger partial charge in [-0.15, -0.1) is 11.3 Å². The summed E-state index contributed by atoms with van der Waals surface area (Å²) in [5.74, 6) is 1.33. The number of anilines is 2. The van der Waals surface area contributed by atoms with Crippen molar-refractivity contribution in [2.45, 2.75) is 59.3 Å². The van der Waals surface area contributed by atoms with Gasteiger partial charge in [0, 0.05) is 34.0 Å². The molecule has 0 radical (unpaired) electrons. The van der Waals surface area contributed by atoms with Crippen molar-refractivity contribution in [2.24, 2.45) is 5.92 Å². The van der Waals surface area contributed by atoms with E-state index in [4.69, 9.17) is 4.98 Å². The van der Waals surface area contributed by atoms with E-state index >= 15 is 0 Å². The van der Waals surface area contributed by atoms with Crippen LogP contribution in [0.1, 0.15) is 69.4 Å². The van der Waals surface area contributed by atoms with Gasteiger partial charge in [0.15, 0.2) is 10.9 Å². The van der Waals surface area contributed by atoms with E-state index in [1.807, 2.05) is 12.1 Å². The van der Waals surface area contributed by atoms with Crippen molar-refractivity contribution in [1.82, 2.24) is 9.97 Å². The van der Waals surface area contributed by atoms with E-state index < -0.39 is 0 Å². The van der Waals surface area contributed by atoms with Gasteiger partial charge in [-0.1, -0.05) is 53.7 Å².